The zero-order valence-corrected chi connectivity index (χ0v) is 16.0. The van der Waals surface area contributed by atoms with E-state index in [0.29, 0.717) is 48.0 Å². The van der Waals surface area contributed by atoms with Crippen molar-refractivity contribution in [1.29, 1.82) is 5.26 Å². The Bertz CT molecular complexity index is 897. The van der Waals surface area contributed by atoms with Gasteiger partial charge in [0.25, 0.3) is 5.91 Å². The summed E-state index contributed by atoms with van der Waals surface area (Å²) in [7, 11) is 0. The van der Waals surface area contributed by atoms with Gasteiger partial charge in [0.05, 0.1) is 17.8 Å². The monoisotopic (exact) mass is 397 g/mol. The van der Waals surface area contributed by atoms with Gasteiger partial charge in [-0.1, -0.05) is 11.6 Å². The first-order chi connectivity index (χ1) is 13.6. The molecule has 2 heterocycles. The van der Waals surface area contributed by atoms with Gasteiger partial charge in [-0.2, -0.15) is 5.26 Å². The molecule has 1 saturated heterocycles. The number of nitrogens with one attached hydrogen (secondary N) is 1. The van der Waals surface area contributed by atoms with Crippen LogP contribution in [0.25, 0.3) is 0 Å². The first kappa shape index (κ1) is 19.8. The van der Waals surface area contributed by atoms with Crippen LogP contribution >= 0.6 is 11.6 Å². The molecule has 1 aromatic carbocycles. The minimum Gasteiger partial charge on any atom is -0.337 e. The number of amides is 2. The van der Waals surface area contributed by atoms with E-state index in [-0.39, 0.29) is 18.4 Å². The predicted octanol–water partition coefficient (Wildman–Crippen LogP) is 2.39. The lowest BCUT2D eigenvalue weighted by Crippen LogP contribution is -2.38. The van der Waals surface area contributed by atoms with E-state index >= 15 is 0 Å². The molecule has 0 atom stereocenters. The van der Waals surface area contributed by atoms with E-state index in [0.717, 1.165) is 6.42 Å². The Balaban J connectivity index is 1.56. The van der Waals surface area contributed by atoms with Crippen LogP contribution in [0.3, 0.4) is 0 Å². The summed E-state index contributed by atoms with van der Waals surface area (Å²) in [5.74, 6) is -0.237. The van der Waals surface area contributed by atoms with Crippen LogP contribution in [0.15, 0.2) is 42.7 Å². The molecule has 1 aliphatic heterocycles. The van der Waals surface area contributed by atoms with Gasteiger partial charge in [0.1, 0.15) is 6.07 Å². The second kappa shape index (κ2) is 9.31. The van der Waals surface area contributed by atoms with Crippen LogP contribution in [0.4, 0.5) is 5.69 Å². The second-order valence-electron chi connectivity index (χ2n) is 6.51. The topological polar surface area (TPSA) is 89.3 Å². The summed E-state index contributed by atoms with van der Waals surface area (Å²) in [6, 6.07) is 10.2. The zero-order chi connectivity index (χ0) is 19.9. The van der Waals surface area contributed by atoms with Crippen LogP contribution < -0.4 is 5.32 Å². The Hall–Kier alpha value is -2.95. The van der Waals surface area contributed by atoms with Gasteiger partial charge in [0.2, 0.25) is 5.91 Å². The maximum atomic E-state index is 12.6. The van der Waals surface area contributed by atoms with Gasteiger partial charge < -0.3 is 10.2 Å². The Labute approximate surface area is 168 Å². The smallest absolute Gasteiger partial charge is 0.254 e. The average Bonchev–Trinajstić information content (AvgIpc) is 2.94. The molecule has 7 nitrogen and oxygen atoms in total. The van der Waals surface area contributed by atoms with Crippen molar-refractivity contribution in [3.63, 3.8) is 0 Å². The van der Waals surface area contributed by atoms with E-state index in [4.69, 9.17) is 16.9 Å². The van der Waals surface area contributed by atoms with Crippen molar-refractivity contribution in [2.24, 2.45) is 0 Å². The number of nitrogens with zero attached hydrogens (tertiary/aromatic N) is 4. The highest BCUT2D eigenvalue weighted by atomic mass is 35.5. The molecule has 0 bridgehead atoms. The Morgan fingerprint density at radius 3 is 2.68 bits per heavy atom. The van der Waals surface area contributed by atoms with E-state index in [1.165, 1.54) is 0 Å². The number of carbonyl (C=O) groups excluding carboxylic acids is 2. The van der Waals surface area contributed by atoms with Gasteiger partial charge in [0, 0.05) is 49.2 Å². The molecule has 0 radical (unpaired) electrons. The summed E-state index contributed by atoms with van der Waals surface area (Å²) in [6.45, 7) is 2.70. The molecule has 8 heteroatoms. The van der Waals surface area contributed by atoms with Gasteiger partial charge in [-0.05, 0) is 36.8 Å². The third kappa shape index (κ3) is 5.06. The number of rotatable bonds is 4. The highest BCUT2D eigenvalue weighted by Gasteiger charge is 2.21. The fourth-order valence-corrected chi connectivity index (χ4v) is 3.29. The molecular formula is C20H20ClN5O2. The molecule has 2 amide bonds. The van der Waals surface area contributed by atoms with Crippen LogP contribution in [0.2, 0.25) is 5.02 Å². The molecule has 3 rings (SSSR count). The first-order valence-corrected chi connectivity index (χ1v) is 9.36. The summed E-state index contributed by atoms with van der Waals surface area (Å²) in [5.41, 5.74) is 1.39. The van der Waals surface area contributed by atoms with Crippen molar-refractivity contribution >= 4 is 29.1 Å². The molecule has 1 fully saturated rings. The van der Waals surface area contributed by atoms with Crippen LogP contribution in [0, 0.1) is 11.3 Å². The molecule has 28 heavy (non-hydrogen) atoms. The molecule has 0 saturated carbocycles. The Morgan fingerprint density at radius 2 is 1.93 bits per heavy atom. The SMILES string of the molecule is N#Cc1ccc(Cl)cc1NC(=O)CN1CCCN(C(=O)c2ccncc2)CC1. The number of hydrogen-bond donors (Lipinski definition) is 1. The first-order valence-electron chi connectivity index (χ1n) is 8.98. The van der Waals surface area contributed by atoms with Gasteiger partial charge in [0.15, 0.2) is 0 Å². The summed E-state index contributed by atoms with van der Waals surface area (Å²) >= 11 is 5.95. The molecule has 0 unspecified atom stereocenters. The maximum absolute atomic E-state index is 12.6. The van der Waals surface area contributed by atoms with E-state index in [1.54, 1.807) is 47.6 Å². The maximum Gasteiger partial charge on any atom is 0.254 e. The van der Waals surface area contributed by atoms with Gasteiger partial charge in [-0.3, -0.25) is 19.5 Å². The van der Waals surface area contributed by atoms with E-state index in [1.807, 2.05) is 11.0 Å². The highest BCUT2D eigenvalue weighted by Crippen LogP contribution is 2.20. The molecule has 1 N–H and O–H groups in total. The quantitative estimate of drug-likeness (QED) is 0.855. The normalized spacial score (nSPS) is 14.8. The number of pyridine rings is 1. The number of halogens is 1. The van der Waals surface area contributed by atoms with Gasteiger partial charge in [-0.15, -0.1) is 0 Å². The van der Waals surface area contributed by atoms with Gasteiger partial charge in [-0.25, -0.2) is 0 Å². The molecule has 0 spiro atoms. The second-order valence-corrected chi connectivity index (χ2v) is 6.94. The number of aromatic nitrogens is 1. The summed E-state index contributed by atoms with van der Waals surface area (Å²) in [4.78, 5) is 32.7. The fourth-order valence-electron chi connectivity index (χ4n) is 3.12. The van der Waals surface area contributed by atoms with Crippen molar-refractivity contribution in [3.05, 3.63) is 58.9 Å². The lowest BCUT2D eigenvalue weighted by molar-refractivity contribution is -0.117. The lowest BCUT2D eigenvalue weighted by atomic mass is 10.2. The van der Waals surface area contributed by atoms with Crippen LogP contribution in [0.1, 0.15) is 22.3 Å². The molecule has 144 valence electrons. The number of hydrogen-bond acceptors (Lipinski definition) is 5. The highest BCUT2D eigenvalue weighted by molar-refractivity contribution is 6.31. The summed E-state index contributed by atoms with van der Waals surface area (Å²) in [6.07, 6.45) is 3.99. The number of anilines is 1. The van der Waals surface area contributed by atoms with Crippen molar-refractivity contribution in [3.8, 4) is 6.07 Å². The molecular weight excluding hydrogens is 378 g/mol. The molecule has 2 aromatic rings. The van der Waals surface area contributed by atoms with E-state index < -0.39 is 0 Å². The Morgan fingerprint density at radius 1 is 1.14 bits per heavy atom. The molecule has 1 aromatic heterocycles. The standard InChI is InChI=1S/C20H20ClN5O2/c21-17-3-2-16(13-22)18(12-17)24-19(27)14-25-8-1-9-26(11-10-25)20(28)15-4-6-23-7-5-15/h2-7,12H,1,8-11,14H2,(H,24,27). The number of carbonyl (C=O) groups is 2. The van der Waals surface area contributed by atoms with E-state index in [2.05, 4.69) is 10.3 Å². The Kier molecular flexibility index (Phi) is 6.58. The van der Waals surface area contributed by atoms with Crippen LogP contribution in [-0.2, 0) is 4.79 Å². The van der Waals surface area contributed by atoms with Crippen molar-refractivity contribution in [2.45, 2.75) is 6.42 Å². The largest absolute Gasteiger partial charge is 0.337 e. The summed E-state index contributed by atoms with van der Waals surface area (Å²) < 4.78 is 0. The molecule has 1 aliphatic rings. The fraction of sp³-hybridized carbons (Fsp3) is 0.300. The minimum atomic E-state index is -0.215. The van der Waals surface area contributed by atoms with Crippen LogP contribution in [0.5, 0.6) is 0 Å². The third-order valence-corrected chi connectivity index (χ3v) is 4.78. The minimum absolute atomic E-state index is 0.0220. The van der Waals surface area contributed by atoms with Crippen LogP contribution in [-0.4, -0.2) is 59.3 Å². The summed E-state index contributed by atoms with van der Waals surface area (Å²) in [5, 5.41) is 12.4. The molecule has 0 aliphatic carbocycles. The predicted molar refractivity (Wildman–Crippen MR) is 106 cm³/mol. The van der Waals surface area contributed by atoms with Crippen molar-refractivity contribution in [1.82, 2.24) is 14.8 Å². The lowest BCUT2D eigenvalue weighted by Gasteiger charge is -2.22. The van der Waals surface area contributed by atoms with Crippen molar-refractivity contribution < 1.29 is 9.59 Å². The van der Waals surface area contributed by atoms with Gasteiger partial charge >= 0.3 is 0 Å². The third-order valence-electron chi connectivity index (χ3n) is 4.55. The average molecular weight is 398 g/mol. The number of benzene rings is 1. The van der Waals surface area contributed by atoms with Crippen molar-refractivity contribution in [2.75, 3.05) is 38.0 Å². The number of nitriles is 1. The van der Waals surface area contributed by atoms with E-state index in [9.17, 15) is 9.59 Å². The zero-order valence-electron chi connectivity index (χ0n) is 15.3.